The van der Waals surface area contributed by atoms with Gasteiger partial charge in [-0.2, -0.15) is 5.10 Å². The fraction of sp³-hybridized carbons (Fsp3) is 0.360. The summed E-state index contributed by atoms with van der Waals surface area (Å²) in [7, 11) is 0. The van der Waals surface area contributed by atoms with E-state index in [1.807, 2.05) is 30.3 Å². The number of amides is 1. The van der Waals surface area contributed by atoms with Crippen LogP contribution in [0.4, 0.5) is 4.39 Å². The third-order valence-corrected chi connectivity index (χ3v) is 6.91. The molecule has 170 valence electrons. The van der Waals surface area contributed by atoms with E-state index >= 15 is 0 Å². The van der Waals surface area contributed by atoms with Gasteiger partial charge in [-0.15, -0.1) is 0 Å². The standard InChI is InChI=1S/C25H25FN4O3/c26-20-8-4-7-19(15-20)16-21(31)28-12-9-25(10-13-28)11-14-29-22(32)23(33)30(27-24(25)29)17-18-5-2-1-3-6-18/h1-8,15H,9-14,16-17H2. The van der Waals surface area contributed by atoms with Crippen LogP contribution in [0, 0.1) is 5.82 Å². The molecule has 1 spiro atoms. The van der Waals surface area contributed by atoms with Crippen molar-refractivity contribution in [2.24, 2.45) is 0 Å². The highest BCUT2D eigenvalue weighted by Gasteiger charge is 2.45. The Kier molecular flexibility index (Phi) is 5.44. The van der Waals surface area contributed by atoms with Crippen molar-refractivity contribution in [1.82, 2.24) is 19.2 Å². The molecule has 0 bridgehead atoms. The van der Waals surface area contributed by atoms with Crippen LogP contribution in [-0.4, -0.2) is 38.2 Å². The highest BCUT2D eigenvalue weighted by molar-refractivity contribution is 5.78. The van der Waals surface area contributed by atoms with Crippen LogP contribution in [0.2, 0.25) is 0 Å². The first-order valence-corrected chi connectivity index (χ1v) is 11.2. The lowest BCUT2D eigenvalue weighted by molar-refractivity contribution is -0.132. The van der Waals surface area contributed by atoms with Crippen molar-refractivity contribution in [2.45, 2.75) is 44.2 Å². The summed E-state index contributed by atoms with van der Waals surface area (Å²) >= 11 is 0. The molecule has 1 aromatic heterocycles. The molecule has 8 heteroatoms. The predicted molar refractivity (Wildman–Crippen MR) is 121 cm³/mol. The van der Waals surface area contributed by atoms with Gasteiger partial charge in [-0.25, -0.2) is 9.07 Å². The number of rotatable bonds is 4. The van der Waals surface area contributed by atoms with E-state index in [4.69, 9.17) is 0 Å². The number of fused-ring (bicyclic) bond motifs is 2. The van der Waals surface area contributed by atoms with E-state index in [0.29, 0.717) is 43.9 Å². The fourth-order valence-electron chi connectivity index (χ4n) is 5.03. The number of hydrogen-bond donors (Lipinski definition) is 0. The minimum Gasteiger partial charge on any atom is -0.342 e. The van der Waals surface area contributed by atoms with Gasteiger partial charge in [0.25, 0.3) is 0 Å². The molecule has 1 amide bonds. The lowest BCUT2D eigenvalue weighted by Gasteiger charge is -2.38. The van der Waals surface area contributed by atoms with Crippen LogP contribution in [0.5, 0.6) is 0 Å². The van der Waals surface area contributed by atoms with Gasteiger partial charge in [0, 0.05) is 25.0 Å². The largest absolute Gasteiger partial charge is 0.342 e. The Morgan fingerprint density at radius 2 is 1.61 bits per heavy atom. The first kappa shape index (κ1) is 21.3. The number of halogens is 1. The zero-order chi connectivity index (χ0) is 23.0. The van der Waals surface area contributed by atoms with E-state index in [-0.39, 0.29) is 30.1 Å². The summed E-state index contributed by atoms with van der Waals surface area (Å²) in [6, 6.07) is 15.6. The zero-order valence-corrected chi connectivity index (χ0v) is 18.2. The molecule has 0 saturated carbocycles. The van der Waals surface area contributed by atoms with Crippen LogP contribution in [0.15, 0.2) is 64.2 Å². The van der Waals surface area contributed by atoms with Crippen LogP contribution >= 0.6 is 0 Å². The second kappa shape index (κ2) is 8.42. The first-order valence-electron chi connectivity index (χ1n) is 11.2. The maximum Gasteiger partial charge on any atom is 0.332 e. The molecule has 1 saturated heterocycles. The quantitative estimate of drug-likeness (QED) is 0.573. The SMILES string of the molecule is O=C(Cc1cccc(F)c1)N1CCC2(CC1)CCn1c2nn(Cc2ccccc2)c(=O)c1=O. The van der Waals surface area contributed by atoms with Crippen molar-refractivity contribution >= 4 is 5.91 Å². The van der Waals surface area contributed by atoms with Gasteiger partial charge < -0.3 is 4.90 Å². The summed E-state index contributed by atoms with van der Waals surface area (Å²) in [4.78, 5) is 40.0. The van der Waals surface area contributed by atoms with E-state index in [1.54, 1.807) is 17.0 Å². The van der Waals surface area contributed by atoms with Crippen molar-refractivity contribution < 1.29 is 9.18 Å². The Morgan fingerprint density at radius 3 is 2.33 bits per heavy atom. The van der Waals surface area contributed by atoms with Gasteiger partial charge in [-0.1, -0.05) is 42.5 Å². The van der Waals surface area contributed by atoms with Gasteiger partial charge in [0.15, 0.2) is 0 Å². The van der Waals surface area contributed by atoms with Gasteiger partial charge in [-0.05, 0) is 42.5 Å². The van der Waals surface area contributed by atoms with Crippen LogP contribution < -0.4 is 11.1 Å². The average Bonchev–Trinajstić information content (AvgIpc) is 3.16. The normalized spacial score (nSPS) is 16.7. The number of nitrogens with zero attached hydrogens (tertiary/aromatic N) is 4. The highest BCUT2D eigenvalue weighted by atomic mass is 19.1. The van der Waals surface area contributed by atoms with Gasteiger partial charge in [0.05, 0.1) is 13.0 Å². The summed E-state index contributed by atoms with van der Waals surface area (Å²) in [6.07, 6.45) is 2.25. The third-order valence-electron chi connectivity index (χ3n) is 6.91. The second-order valence-electron chi connectivity index (χ2n) is 8.95. The van der Waals surface area contributed by atoms with Crippen molar-refractivity contribution in [1.29, 1.82) is 0 Å². The molecule has 3 heterocycles. The number of piperidine rings is 1. The van der Waals surface area contributed by atoms with Crippen molar-refractivity contribution in [2.75, 3.05) is 13.1 Å². The third kappa shape index (κ3) is 4.01. The molecule has 2 aliphatic heterocycles. The van der Waals surface area contributed by atoms with Gasteiger partial charge in [0.2, 0.25) is 5.91 Å². The Morgan fingerprint density at radius 1 is 0.909 bits per heavy atom. The van der Waals surface area contributed by atoms with E-state index in [1.165, 1.54) is 21.4 Å². The van der Waals surface area contributed by atoms with Gasteiger partial charge in [0.1, 0.15) is 11.6 Å². The molecule has 2 aromatic carbocycles. The van der Waals surface area contributed by atoms with Crippen LogP contribution in [0.25, 0.3) is 0 Å². The molecule has 0 atom stereocenters. The predicted octanol–water partition coefficient (Wildman–Crippen LogP) is 2.10. The van der Waals surface area contributed by atoms with Crippen LogP contribution in [0.1, 0.15) is 36.2 Å². The molecule has 2 aliphatic rings. The molecule has 0 radical (unpaired) electrons. The summed E-state index contributed by atoms with van der Waals surface area (Å²) in [5.41, 5.74) is 0.103. The number of carbonyl (C=O) groups is 1. The molecule has 0 N–H and O–H groups in total. The monoisotopic (exact) mass is 448 g/mol. The summed E-state index contributed by atoms with van der Waals surface area (Å²) in [5.74, 6) is 0.270. The number of hydrogen-bond acceptors (Lipinski definition) is 4. The Hall–Kier alpha value is -3.55. The van der Waals surface area contributed by atoms with Gasteiger partial charge in [-0.3, -0.25) is 19.0 Å². The van der Waals surface area contributed by atoms with Crippen LogP contribution in [-0.2, 0) is 29.7 Å². The molecule has 3 aromatic rings. The maximum atomic E-state index is 13.4. The number of aromatic nitrogens is 3. The summed E-state index contributed by atoms with van der Waals surface area (Å²) in [6.45, 7) is 1.81. The number of likely N-dealkylation sites (tertiary alicyclic amines) is 1. The van der Waals surface area contributed by atoms with Gasteiger partial charge >= 0.3 is 11.1 Å². The first-order chi connectivity index (χ1) is 15.9. The minimum absolute atomic E-state index is 0.0344. The Bertz CT molecular complexity index is 1310. The average molecular weight is 448 g/mol. The number of benzene rings is 2. The van der Waals surface area contributed by atoms with Crippen molar-refractivity contribution in [3.05, 3.63) is 98.1 Å². The van der Waals surface area contributed by atoms with Crippen LogP contribution in [0.3, 0.4) is 0 Å². The molecular weight excluding hydrogens is 423 g/mol. The van der Waals surface area contributed by atoms with Crippen molar-refractivity contribution in [3.8, 4) is 0 Å². The lowest BCUT2D eigenvalue weighted by Crippen LogP contribution is -2.48. The molecule has 0 unspecified atom stereocenters. The minimum atomic E-state index is -0.609. The molecule has 33 heavy (non-hydrogen) atoms. The van der Waals surface area contributed by atoms with E-state index in [0.717, 1.165) is 12.0 Å². The molecule has 5 rings (SSSR count). The maximum absolute atomic E-state index is 13.4. The molecule has 7 nitrogen and oxygen atoms in total. The van der Waals surface area contributed by atoms with E-state index in [9.17, 15) is 18.8 Å². The topological polar surface area (TPSA) is 77.2 Å². The smallest absolute Gasteiger partial charge is 0.332 e. The highest BCUT2D eigenvalue weighted by Crippen LogP contribution is 2.41. The zero-order valence-electron chi connectivity index (χ0n) is 18.2. The Balaban J connectivity index is 1.35. The van der Waals surface area contributed by atoms with E-state index in [2.05, 4.69) is 5.10 Å². The fourth-order valence-corrected chi connectivity index (χ4v) is 5.03. The second-order valence-corrected chi connectivity index (χ2v) is 8.95. The van der Waals surface area contributed by atoms with Crippen molar-refractivity contribution in [3.63, 3.8) is 0 Å². The summed E-state index contributed by atoms with van der Waals surface area (Å²) < 4.78 is 16.2. The number of carbonyl (C=O) groups excluding carboxylic acids is 1. The molecular formula is C25H25FN4O3. The lowest BCUT2D eigenvalue weighted by atomic mass is 9.76. The van der Waals surface area contributed by atoms with E-state index < -0.39 is 11.1 Å². The Labute approximate surface area is 190 Å². The summed E-state index contributed by atoms with van der Waals surface area (Å²) in [5, 5.41) is 4.66. The molecule has 1 fully saturated rings. The molecule has 0 aliphatic carbocycles.